The molecule has 1 aliphatic heterocycles. The van der Waals surface area contributed by atoms with Crippen molar-refractivity contribution in [1.29, 1.82) is 0 Å². The zero-order chi connectivity index (χ0) is 17.6. The van der Waals surface area contributed by atoms with Crippen LogP contribution < -0.4 is 0 Å². The number of imidazole rings is 1. The number of hydrogen-bond acceptors (Lipinski definition) is 6. The summed E-state index contributed by atoms with van der Waals surface area (Å²) in [7, 11) is 0. The summed E-state index contributed by atoms with van der Waals surface area (Å²) in [5.74, 6) is 2.54. The summed E-state index contributed by atoms with van der Waals surface area (Å²) >= 11 is 0. The Morgan fingerprint density at radius 2 is 2.08 bits per heavy atom. The largest absolute Gasteiger partial charge is 0.339 e. The smallest absolute Gasteiger partial charge is 0.234 e. The van der Waals surface area contributed by atoms with E-state index in [0.29, 0.717) is 5.89 Å². The first kappa shape index (κ1) is 16.2. The number of rotatable bonds is 4. The first-order valence-corrected chi connectivity index (χ1v) is 8.91. The third kappa shape index (κ3) is 3.04. The molecule has 0 bridgehead atoms. The molecular formula is C18H24N6O. The van der Waals surface area contributed by atoms with Crippen LogP contribution in [0, 0.1) is 13.8 Å². The molecule has 25 heavy (non-hydrogen) atoms. The fourth-order valence-corrected chi connectivity index (χ4v) is 3.53. The Morgan fingerprint density at radius 3 is 2.84 bits per heavy atom. The molecule has 0 amide bonds. The minimum Gasteiger partial charge on any atom is -0.339 e. The molecule has 1 fully saturated rings. The van der Waals surface area contributed by atoms with Crippen LogP contribution >= 0.6 is 0 Å². The summed E-state index contributed by atoms with van der Waals surface area (Å²) in [6, 6.07) is 2.28. The van der Waals surface area contributed by atoms with Crippen LogP contribution in [0.4, 0.5) is 0 Å². The summed E-state index contributed by atoms with van der Waals surface area (Å²) in [6.45, 7) is 10.0. The first-order valence-electron chi connectivity index (χ1n) is 8.91. The lowest BCUT2D eigenvalue weighted by Crippen LogP contribution is -2.23. The van der Waals surface area contributed by atoms with E-state index in [9.17, 15) is 0 Å². The molecule has 0 aromatic carbocycles. The SMILES string of the molecule is Cc1cc(C)n2cc(CN3CCC[C@@H]3c3noc(C(C)C)n3)nc2n1. The van der Waals surface area contributed by atoms with Crippen LogP contribution in [0.3, 0.4) is 0 Å². The van der Waals surface area contributed by atoms with Crippen molar-refractivity contribution in [3.63, 3.8) is 0 Å². The summed E-state index contributed by atoms with van der Waals surface area (Å²) in [5.41, 5.74) is 3.17. The average molecular weight is 340 g/mol. The fourth-order valence-electron chi connectivity index (χ4n) is 3.53. The molecular weight excluding hydrogens is 316 g/mol. The highest BCUT2D eigenvalue weighted by atomic mass is 16.5. The van der Waals surface area contributed by atoms with E-state index in [1.807, 2.05) is 6.92 Å². The third-order valence-electron chi connectivity index (χ3n) is 4.79. The number of aromatic nitrogens is 5. The molecule has 0 spiro atoms. The minimum atomic E-state index is 0.205. The van der Waals surface area contributed by atoms with Crippen LogP contribution in [0.5, 0.6) is 0 Å². The van der Waals surface area contributed by atoms with Gasteiger partial charge in [0, 0.05) is 30.0 Å². The van der Waals surface area contributed by atoms with E-state index in [0.717, 1.165) is 54.6 Å². The lowest BCUT2D eigenvalue weighted by Gasteiger charge is -2.20. The number of fused-ring (bicyclic) bond motifs is 1. The molecule has 0 N–H and O–H groups in total. The van der Waals surface area contributed by atoms with Crippen molar-refractivity contribution >= 4 is 5.78 Å². The Balaban J connectivity index is 1.57. The van der Waals surface area contributed by atoms with Gasteiger partial charge in [-0.3, -0.25) is 9.30 Å². The van der Waals surface area contributed by atoms with Crippen LogP contribution in [0.15, 0.2) is 16.8 Å². The Hall–Kier alpha value is -2.28. The van der Waals surface area contributed by atoms with Crippen molar-refractivity contribution in [2.75, 3.05) is 6.54 Å². The molecule has 1 saturated heterocycles. The predicted octanol–water partition coefficient (Wildman–Crippen LogP) is 3.19. The van der Waals surface area contributed by atoms with Gasteiger partial charge in [-0.05, 0) is 39.3 Å². The molecule has 3 aromatic heterocycles. The lowest BCUT2D eigenvalue weighted by atomic mass is 10.2. The fraction of sp³-hybridized carbons (Fsp3) is 0.556. The number of likely N-dealkylation sites (tertiary alicyclic amines) is 1. The van der Waals surface area contributed by atoms with Crippen LogP contribution in [0.25, 0.3) is 5.78 Å². The zero-order valence-corrected chi connectivity index (χ0v) is 15.2. The van der Waals surface area contributed by atoms with Crippen LogP contribution in [0.1, 0.15) is 67.4 Å². The zero-order valence-electron chi connectivity index (χ0n) is 15.2. The Bertz CT molecular complexity index is 896. The van der Waals surface area contributed by atoms with E-state index >= 15 is 0 Å². The molecule has 4 heterocycles. The van der Waals surface area contributed by atoms with Crippen molar-refractivity contribution in [3.05, 3.63) is 41.1 Å². The highest BCUT2D eigenvalue weighted by molar-refractivity contribution is 5.34. The lowest BCUT2D eigenvalue weighted by molar-refractivity contribution is 0.231. The third-order valence-corrected chi connectivity index (χ3v) is 4.79. The molecule has 3 aromatic rings. The molecule has 7 nitrogen and oxygen atoms in total. The molecule has 4 rings (SSSR count). The molecule has 1 aliphatic rings. The van der Waals surface area contributed by atoms with Gasteiger partial charge >= 0.3 is 0 Å². The molecule has 132 valence electrons. The number of nitrogens with zero attached hydrogens (tertiary/aromatic N) is 6. The van der Waals surface area contributed by atoms with Crippen LogP contribution in [-0.4, -0.2) is 36.0 Å². The number of hydrogen-bond donors (Lipinski definition) is 0. The Labute approximate surface area is 147 Å². The van der Waals surface area contributed by atoms with Crippen molar-refractivity contribution in [2.45, 2.75) is 59.0 Å². The van der Waals surface area contributed by atoms with Crippen LogP contribution in [-0.2, 0) is 6.54 Å². The van der Waals surface area contributed by atoms with Gasteiger partial charge in [0.05, 0.1) is 11.7 Å². The Morgan fingerprint density at radius 1 is 1.24 bits per heavy atom. The first-order chi connectivity index (χ1) is 12.0. The topological polar surface area (TPSA) is 72.3 Å². The number of aryl methyl sites for hydroxylation is 2. The molecule has 0 radical (unpaired) electrons. The highest BCUT2D eigenvalue weighted by Crippen LogP contribution is 2.32. The van der Waals surface area contributed by atoms with E-state index in [-0.39, 0.29) is 12.0 Å². The predicted molar refractivity (Wildman–Crippen MR) is 93.2 cm³/mol. The second kappa shape index (κ2) is 6.22. The van der Waals surface area contributed by atoms with E-state index in [2.05, 4.69) is 57.5 Å². The van der Waals surface area contributed by atoms with Gasteiger partial charge in [0.1, 0.15) is 0 Å². The summed E-state index contributed by atoms with van der Waals surface area (Å²) in [4.78, 5) is 16.2. The molecule has 7 heteroatoms. The van der Waals surface area contributed by atoms with E-state index in [1.165, 1.54) is 0 Å². The standard InChI is InChI=1S/C18H24N6O/c1-11(2)17-21-16(22-25-17)15-6-5-7-23(15)9-14-10-24-13(4)8-12(3)19-18(24)20-14/h8,10-11,15H,5-7,9H2,1-4H3/t15-/m1/s1. The molecule has 0 saturated carbocycles. The maximum atomic E-state index is 5.40. The summed E-state index contributed by atoms with van der Waals surface area (Å²) in [5, 5.41) is 4.21. The van der Waals surface area contributed by atoms with E-state index in [4.69, 9.17) is 9.51 Å². The quantitative estimate of drug-likeness (QED) is 0.726. The summed E-state index contributed by atoms with van der Waals surface area (Å²) < 4.78 is 7.45. The molecule has 1 atom stereocenters. The van der Waals surface area contributed by atoms with Gasteiger partial charge in [0.25, 0.3) is 0 Å². The average Bonchev–Trinajstić information content (AvgIpc) is 3.25. The minimum absolute atomic E-state index is 0.205. The van der Waals surface area contributed by atoms with Gasteiger partial charge in [-0.1, -0.05) is 19.0 Å². The van der Waals surface area contributed by atoms with Crippen molar-refractivity contribution in [1.82, 2.24) is 29.4 Å². The molecule has 0 aliphatic carbocycles. The Kier molecular flexibility index (Phi) is 4.03. The van der Waals surface area contributed by atoms with Gasteiger partial charge in [0.2, 0.25) is 11.7 Å². The second-order valence-corrected chi connectivity index (χ2v) is 7.22. The van der Waals surface area contributed by atoms with Crippen LogP contribution in [0.2, 0.25) is 0 Å². The van der Waals surface area contributed by atoms with Crippen molar-refractivity contribution in [3.8, 4) is 0 Å². The van der Waals surface area contributed by atoms with Gasteiger partial charge in [-0.25, -0.2) is 9.97 Å². The normalized spacial score (nSPS) is 18.7. The van der Waals surface area contributed by atoms with E-state index < -0.39 is 0 Å². The maximum absolute atomic E-state index is 5.40. The van der Waals surface area contributed by atoms with Gasteiger partial charge in [-0.15, -0.1) is 0 Å². The monoisotopic (exact) mass is 340 g/mol. The highest BCUT2D eigenvalue weighted by Gasteiger charge is 2.30. The second-order valence-electron chi connectivity index (χ2n) is 7.22. The van der Waals surface area contributed by atoms with Crippen molar-refractivity contribution in [2.24, 2.45) is 0 Å². The van der Waals surface area contributed by atoms with Gasteiger partial charge in [0.15, 0.2) is 5.82 Å². The summed E-state index contributed by atoms with van der Waals surface area (Å²) in [6.07, 6.45) is 4.28. The van der Waals surface area contributed by atoms with E-state index in [1.54, 1.807) is 0 Å². The maximum Gasteiger partial charge on any atom is 0.234 e. The van der Waals surface area contributed by atoms with Gasteiger partial charge < -0.3 is 4.52 Å². The van der Waals surface area contributed by atoms with Gasteiger partial charge in [-0.2, -0.15) is 4.98 Å². The van der Waals surface area contributed by atoms with Crippen molar-refractivity contribution < 1.29 is 4.52 Å². The molecule has 0 unspecified atom stereocenters.